The van der Waals surface area contributed by atoms with Crippen LogP contribution in [0, 0.1) is 5.92 Å². The summed E-state index contributed by atoms with van der Waals surface area (Å²) in [7, 11) is 0. The van der Waals surface area contributed by atoms with Crippen LogP contribution < -0.4 is 10.0 Å². The standard InChI is InChI=1S/C15H30N2O3S/c1-10(17-21(19)15(5,6)7)11-8-12(9-11)16-13(18)20-14(2,3)4/h10-12,17H,8-9H2,1-7H3,(H,16,18)/t10-,11?,12?,21-/m0/s1. The maximum Gasteiger partial charge on any atom is 0.407 e. The van der Waals surface area contributed by atoms with Crippen molar-refractivity contribution >= 4 is 17.5 Å². The third-order valence-electron chi connectivity index (χ3n) is 3.45. The van der Waals surface area contributed by atoms with Crippen LogP contribution in [0.25, 0.3) is 0 Å². The number of carbonyl (C=O) groups excluding carboxylic acids is 1. The monoisotopic (exact) mass is 318 g/mol. The Morgan fingerprint density at radius 2 is 1.76 bits per heavy atom. The van der Waals surface area contributed by atoms with E-state index in [1.54, 1.807) is 0 Å². The van der Waals surface area contributed by atoms with Crippen molar-refractivity contribution in [2.24, 2.45) is 5.92 Å². The van der Waals surface area contributed by atoms with Gasteiger partial charge in [0.15, 0.2) is 0 Å². The molecule has 0 aliphatic heterocycles. The zero-order valence-corrected chi connectivity index (χ0v) is 15.1. The fourth-order valence-electron chi connectivity index (χ4n) is 2.10. The van der Waals surface area contributed by atoms with E-state index in [0.717, 1.165) is 12.8 Å². The van der Waals surface area contributed by atoms with Gasteiger partial charge in [-0.3, -0.25) is 0 Å². The van der Waals surface area contributed by atoms with Gasteiger partial charge in [0.2, 0.25) is 0 Å². The van der Waals surface area contributed by atoms with Gasteiger partial charge in [0.1, 0.15) is 10.3 Å². The Balaban J connectivity index is 2.28. The lowest BCUT2D eigenvalue weighted by atomic mass is 9.76. The maximum absolute atomic E-state index is 12.0. The number of carbonyl (C=O) groups is 1. The number of alkyl carbamates (subject to hydrolysis) is 1. The van der Waals surface area contributed by atoms with Crippen LogP contribution in [-0.2, 0) is 16.1 Å². The Morgan fingerprint density at radius 3 is 2.19 bits per heavy atom. The molecule has 0 heterocycles. The Labute approximate surface area is 131 Å². The minimum absolute atomic E-state index is 0.164. The van der Waals surface area contributed by atoms with Gasteiger partial charge in [0.25, 0.3) is 0 Å². The Bertz CT molecular complexity index is 357. The second-order valence-electron chi connectivity index (χ2n) is 7.86. The van der Waals surface area contributed by atoms with E-state index in [0.29, 0.717) is 5.92 Å². The molecule has 1 fully saturated rings. The van der Waals surface area contributed by atoms with Gasteiger partial charge in [-0.15, -0.1) is 4.72 Å². The van der Waals surface area contributed by atoms with Gasteiger partial charge in [-0.2, -0.15) is 0 Å². The minimum Gasteiger partial charge on any atom is -0.598 e. The smallest absolute Gasteiger partial charge is 0.407 e. The van der Waals surface area contributed by atoms with Crippen LogP contribution >= 0.6 is 0 Å². The first-order valence-electron chi connectivity index (χ1n) is 7.56. The molecular weight excluding hydrogens is 288 g/mol. The van der Waals surface area contributed by atoms with Crippen molar-refractivity contribution in [2.75, 3.05) is 0 Å². The minimum atomic E-state index is -1.05. The lowest BCUT2D eigenvalue weighted by Crippen LogP contribution is -2.53. The first kappa shape index (κ1) is 18.6. The summed E-state index contributed by atoms with van der Waals surface area (Å²) in [5.74, 6) is 0.441. The van der Waals surface area contributed by atoms with Crippen molar-refractivity contribution in [1.29, 1.82) is 0 Å². The second kappa shape index (κ2) is 6.75. The Kier molecular flexibility index (Phi) is 5.98. The molecular formula is C15H30N2O3S. The van der Waals surface area contributed by atoms with Gasteiger partial charge in [-0.1, -0.05) is 0 Å². The van der Waals surface area contributed by atoms with Gasteiger partial charge in [0.05, 0.1) is 6.04 Å². The number of rotatable bonds is 4. The van der Waals surface area contributed by atoms with Gasteiger partial charge in [-0.05, 0) is 67.2 Å². The summed E-state index contributed by atoms with van der Waals surface area (Å²) in [5.41, 5.74) is -0.467. The van der Waals surface area contributed by atoms with Crippen LogP contribution in [0.1, 0.15) is 61.3 Å². The highest BCUT2D eigenvalue weighted by molar-refractivity contribution is 7.90. The van der Waals surface area contributed by atoms with Crippen LogP contribution in [0.2, 0.25) is 0 Å². The van der Waals surface area contributed by atoms with E-state index in [4.69, 9.17) is 4.74 Å². The molecule has 0 saturated heterocycles. The second-order valence-corrected chi connectivity index (χ2v) is 9.86. The van der Waals surface area contributed by atoms with Crippen molar-refractivity contribution in [3.63, 3.8) is 0 Å². The molecule has 1 aliphatic carbocycles. The summed E-state index contributed by atoms with van der Waals surface area (Å²) >= 11 is -1.05. The van der Waals surface area contributed by atoms with Gasteiger partial charge in [-0.25, -0.2) is 4.79 Å². The zero-order valence-electron chi connectivity index (χ0n) is 14.3. The summed E-state index contributed by atoms with van der Waals surface area (Å²) in [5, 5.41) is 2.88. The van der Waals surface area contributed by atoms with E-state index >= 15 is 0 Å². The molecule has 2 N–H and O–H groups in total. The molecule has 6 heteroatoms. The molecule has 1 aliphatic rings. The highest BCUT2D eigenvalue weighted by Crippen LogP contribution is 2.31. The average molecular weight is 318 g/mol. The van der Waals surface area contributed by atoms with Crippen LogP contribution in [0.15, 0.2) is 0 Å². The van der Waals surface area contributed by atoms with Crippen LogP contribution in [0.4, 0.5) is 4.79 Å². The summed E-state index contributed by atoms with van der Waals surface area (Å²) < 4.78 is 20.2. The van der Waals surface area contributed by atoms with E-state index < -0.39 is 17.0 Å². The molecule has 124 valence electrons. The fraction of sp³-hybridized carbons (Fsp3) is 0.933. The summed E-state index contributed by atoms with van der Waals surface area (Å²) in [6.45, 7) is 13.5. The van der Waals surface area contributed by atoms with Crippen molar-refractivity contribution in [3.8, 4) is 0 Å². The van der Waals surface area contributed by atoms with Crippen molar-refractivity contribution in [1.82, 2.24) is 10.0 Å². The molecule has 0 aromatic rings. The van der Waals surface area contributed by atoms with Crippen LogP contribution in [-0.4, -0.2) is 33.1 Å². The molecule has 0 radical (unpaired) electrons. The summed E-state index contributed by atoms with van der Waals surface area (Å²) in [6, 6.07) is 0.346. The lowest BCUT2D eigenvalue weighted by molar-refractivity contribution is 0.0441. The van der Waals surface area contributed by atoms with Crippen molar-refractivity contribution in [2.45, 2.75) is 83.7 Å². The summed E-state index contributed by atoms with van der Waals surface area (Å²) in [4.78, 5) is 11.7. The fourth-order valence-corrected chi connectivity index (χ4v) is 2.99. The largest absolute Gasteiger partial charge is 0.598 e. The molecule has 5 nitrogen and oxygen atoms in total. The highest BCUT2D eigenvalue weighted by atomic mass is 32.2. The molecule has 0 aromatic heterocycles. The predicted octanol–water partition coefficient (Wildman–Crippen LogP) is 2.73. The van der Waals surface area contributed by atoms with Crippen molar-refractivity contribution in [3.05, 3.63) is 0 Å². The molecule has 0 aromatic carbocycles. The van der Waals surface area contributed by atoms with Crippen LogP contribution in [0.5, 0.6) is 0 Å². The SMILES string of the molecule is C[C@H](N[S@@+]([O-])C(C)(C)C)C1CC(NC(=O)OC(C)(C)C)C1. The number of ether oxygens (including phenoxy) is 1. The van der Waals surface area contributed by atoms with Gasteiger partial charge < -0.3 is 14.6 Å². The van der Waals surface area contributed by atoms with E-state index in [9.17, 15) is 9.35 Å². The zero-order chi connectivity index (χ0) is 16.4. The first-order valence-corrected chi connectivity index (χ1v) is 8.71. The Hall–Kier alpha value is -0.460. The molecule has 0 spiro atoms. The molecule has 0 unspecified atom stereocenters. The molecule has 0 bridgehead atoms. The third kappa shape index (κ3) is 6.45. The third-order valence-corrected chi connectivity index (χ3v) is 5.15. The van der Waals surface area contributed by atoms with E-state index in [1.807, 2.05) is 41.5 Å². The van der Waals surface area contributed by atoms with Gasteiger partial charge in [0, 0.05) is 17.4 Å². The number of hydrogen-bond donors (Lipinski definition) is 2. The predicted molar refractivity (Wildman–Crippen MR) is 86.4 cm³/mol. The van der Waals surface area contributed by atoms with Gasteiger partial charge >= 0.3 is 6.09 Å². The number of amides is 1. The molecule has 21 heavy (non-hydrogen) atoms. The van der Waals surface area contributed by atoms with E-state index in [2.05, 4.69) is 17.0 Å². The van der Waals surface area contributed by atoms with E-state index in [-0.39, 0.29) is 22.9 Å². The maximum atomic E-state index is 12.0. The average Bonchev–Trinajstić information content (AvgIpc) is 2.18. The molecule has 1 saturated carbocycles. The highest BCUT2D eigenvalue weighted by Gasteiger charge is 2.38. The number of hydrogen-bond acceptors (Lipinski definition) is 4. The summed E-state index contributed by atoms with van der Waals surface area (Å²) in [6.07, 6.45) is 1.44. The Morgan fingerprint density at radius 1 is 1.24 bits per heavy atom. The molecule has 1 rings (SSSR count). The first-order chi connectivity index (χ1) is 9.38. The van der Waals surface area contributed by atoms with Crippen molar-refractivity contribution < 1.29 is 14.1 Å². The van der Waals surface area contributed by atoms with Crippen LogP contribution in [0.3, 0.4) is 0 Å². The number of nitrogens with one attached hydrogen (secondary N) is 2. The normalized spacial score (nSPS) is 25.7. The molecule has 2 atom stereocenters. The van der Waals surface area contributed by atoms with E-state index in [1.165, 1.54) is 0 Å². The molecule has 1 amide bonds. The quantitative estimate of drug-likeness (QED) is 0.782. The lowest BCUT2D eigenvalue weighted by Gasteiger charge is -2.40. The topological polar surface area (TPSA) is 73.4 Å².